The van der Waals surface area contributed by atoms with Crippen molar-refractivity contribution in [2.75, 3.05) is 24.3 Å². The van der Waals surface area contributed by atoms with E-state index in [4.69, 9.17) is 4.74 Å². The molecule has 0 spiro atoms. The van der Waals surface area contributed by atoms with Gasteiger partial charge in [0.15, 0.2) is 0 Å². The van der Waals surface area contributed by atoms with Crippen molar-refractivity contribution in [1.82, 2.24) is 4.98 Å². The van der Waals surface area contributed by atoms with Crippen LogP contribution in [-0.2, 0) is 0 Å². The number of anilines is 2. The van der Waals surface area contributed by atoms with Gasteiger partial charge >= 0.3 is 0 Å². The quantitative estimate of drug-likeness (QED) is 0.886. The normalized spacial score (nSPS) is 10.0. The molecule has 1 amide bonds. The van der Waals surface area contributed by atoms with Gasteiger partial charge in [-0.05, 0) is 49.7 Å². The van der Waals surface area contributed by atoms with E-state index in [1.165, 1.54) is 0 Å². The molecule has 2 rings (SSSR count). The highest BCUT2D eigenvalue weighted by atomic mass is 16.5. The maximum Gasteiger partial charge on any atom is 0.274 e. The summed E-state index contributed by atoms with van der Waals surface area (Å²) in [6.45, 7) is 4.72. The summed E-state index contributed by atoms with van der Waals surface area (Å²) < 4.78 is 5.20. The number of amides is 1. The Balaban J connectivity index is 2.14. The molecule has 1 heterocycles. The summed E-state index contributed by atoms with van der Waals surface area (Å²) in [5.41, 5.74) is 2.93. The van der Waals surface area contributed by atoms with Crippen LogP contribution in [0.15, 0.2) is 36.5 Å². The molecule has 0 radical (unpaired) electrons. The molecule has 21 heavy (non-hydrogen) atoms. The molecule has 0 unspecified atom stereocenters. The number of aryl methyl sites for hydroxylation is 1. The van der Waals surface area contributed by atoms with Gasteiger partial charge in [0, 0.05) is 24.1 Å². The molecule has 110 valence electrons. The molecule has 1 aromatic heterocycles. The first-order valence-corrected chi connectivity index (χ1v) is 6.80. The van der Waals surface area contributed by atoms with Gasteiger partial charge in [0.05, 0.1) is 7.11 Å². The van der Waals surface area contributed by atoms with Crippen LogP contribution in [0.25, 0.3) is 0 Å². The second-order valence-corrected chi connectivity index (χ2v) is 4.60. The molecule has 1 aromatic carbocycles. The number of hydrogen-bond donors (Lipinski definition) is 2. The van der Waals surface area contributed by atoms with E-state index < -0.39 is 0 Å². The number of methoxy groups -OCH3 is 1. The number of carbonyl (C=O) groups is 1. The van der Waals surface area contributed by atoms with E-state index in [0.717, 1.165) is 23.5 Å². The number of pyridine rings is 1. The van der Waals surface area contributed by atoms with Crippen LogP contribution >= 0.6 is 0 Å². The monoisotopic (exact) mass is 285 g/mol. The molecule has 0 aliphatic carbocycles. The van der Waals surface area contributed by atoms with Crippen molar-refractivity contribution in [2.24, 2.45) is 0 Å². The molecular formula is C16H19N3O2. The van der Waals surface area contributed by atoms with E-state index in [9.17, 15) is 4.79 Å². The topological polar surface area (TPSA) is 63.2 Å². The van der Waals surface area contributed by atoms with Crippen molar-refractivity contribution < 1.29 is 9.53 Å². The van der Waals surface area contributed by atoms with Crippen LogP contribution < -0.4 is 15.4 Å². The Kier molecular flexibility index (Phi) is 4.77. The lowest BCUT2D eigenvalue weighted by atomic mass is 10.2. The molecule has 0 saturated heterocycles. The van der Waals surface area contributed by atoms with Crippen molar-refractivity contribution >= 4 is 17.3 Å². The Morgan fingerprint density at radius 1 is 1.24 bits per heavy atom. The summed E-state index contributed by atoms with van der Waals surface area (Å²) >= 11 is 0. The number of nitrogens with zero attached hydrogens (tertiary/aromatic N) is 1. The average Bonchev–Trinajstić information content (AvgIpc) is 2.48. The summed E-state index contributed by atoms with van der Waals surface area (Å²) in [6.07, 6.45) is 1.62. The highest BCUT2D eigenvalue weighted by Crippen LogP contribution is 2.21. The fourth-order valence-electron chi connectivity index (χ4n) is 2.02. The molecule has 0 atom stereocenters. The third-order valence-corrected chi connectivity index (χ3v) is 3.03. The predicted molar refractivity (Wildman–Crippen MR) is 84.1 cm³/mol. The first-order chi connectivity index (χ1) is 10.1. The zero-order valence-corrected chi connectivity index (χ0v) is 12.4. The largest absolute Gasteiger partial charge is 0.496 e. The van der Waals surface area contributed by atoms with Crippen LogP contribution in [-0.4, -0.2) is 24.5 Å². The number of benzene rings is 1. The maximum atomic E-state index is 12.2. The third kappa shape index (κ3) is 3.72. The fraction of sp³-hybridized carbons (Fsp3) is 0.250. The van der Waals surface area contributed by atoms with Crippen LogP contribution in [0.3, 0.4) is 0 Å². The lowest BCUT2D eigenvalue weighted by molar-refractivity contribution is 0.102. The Labute approximate surface area is 124 Å². The Hall–Kier alpha value is -2.56. The van der Waals surface area contributed by atoms with E-state index >= 15 is 0 Å². The van der Waals surface area contributed by atoms with Crippen molar-refractivity contribution in [1.29, 1.82) is 0 Å². The first-order valence-electron chi connectivity index (χ1n) is 6.80. The number of aromatic nitrogens is 1. The molecule has 5 heteroatoms. The van der Waals surface area contributed by atoms with E-state index in [1.54, 1.807) is 25.4 Å². The van der Waals surface area contributed by atoms with E-state index in [-0.39, 0.29) is 5.91 Å². The Morgan fingerprint density at radius 2 is 2.05 bits per heavy atom. The lowest BCUT2D eigenvalue weighted by Gasteiger charge is -2.09. The van der Waals surface area contributed by atoms with E-state index in [1.807, 2.05) is 32.0 Å². The second-order valence-electron chi connectivity index (χ2n) is 4.60. The molecule has 0 aliphatic rings. The Morgan fingerprint density at radius 3 is 2.71 bits per heavy atom. The number of ether oxygens (including phenoxy) is 1. The van der Waals surface area contributed by atoms with E-state index in [0.29, 0.717) is 11.4 Å². The lowest BCUT2D eigenvalue weighted by Crippen LogP contribution is -2.14. The number of nitrogens with one attached hydrogen (secondary N) is 2. The zero-order chi connectivity index (χ0) is 15.2. The van der Waals surface area contributed by atoms with Gasteiger partial charge in [-0.2, -0.15) is 0 Å². The maximum absolute atomic E-state index is 12.2. The summed E-state index contributed by atoms with van der Waals surface area (Å²) in [5.74, 6) is 0.555. The molecule has 0 fully saturated rings. The summed E-state index contributed by atoms with van der Waals surface area (Å²) in [6, 6.07) is 9.06. The highest BCUT2D eigenvalue weighted by molar-refractivity contribution is 6.03. The predicted octanol–water partition coefficient (Wildman–Crippen LogP) is 3.08. The van der Waals surface area contributed by atoms with Gasteiger partial charge in [0.25, 0.3) is 5.91 Å². The molecule has 2 N–H and O–H groups in total. The minimum Gasteiger partial charge on any atom is -0.496 e. The van der Waals surface area contributed by atoms with Gasteiger partial charge in [0.2, 0.25) is 0 Å². The molecule has 0 aliphatic heterocycles. The standard InChI is InChI=1S/C16H19N3O2/c1-4-17-12-7-8-18-14(10-12)16(20)19-13-5-6-15(21-3)11(2)9-13/h5-10H,4H2,1-3H3,(H,17,18)(H,19,20). The van der Waals surface area contributed by atoms with Crippen molar-refractivity contribution in [2.45, 2.75) is 13.8 Å². The van der Waals surface area contributed by atoms with Crippen LogP contribution in [0.2, 0.25) is 0 Å². The number of carbonyl (C=O) groups excluding carboxylic acids is 1. The van der Waals surface area contributed by atoms with Crippen molar-refractivity contribution in [3.8, 4) is 5.75 Å². The van der Waals surface area contributed by atoms with Gasteiger partial charge in [-0.1, -0.05) is 0 Å². The van der Waals surface area contributed by atoms with Gasteiger partial charge in [-0.25, -0.2) is 0 Å². The van der Waals surface area contributed by atoms with Gasteiger partial charge < -0.3 is 15.4 Å². The van der Waals surface area contributed by atoms with Crippen LogP contribution in [0, 0.1) is 6.92 Å². The van der Waals surface area contributed by atoms with Crippen LogP contribution in [0.1, 0.15) is 23.0 Å². The molecule has 0 bridgehead atoms. The zero-order valence-electron chi connectivity index (χ0n) is 12.4. The minimum atomic E-state index is -0.237. The van der Waals surface area contributed by atoms with Gasteiger partial charge in [-0.15, -0.1) is 0 Å². The number of hydrogen-bond acceptors (Lipinski definition) is 4. The van der Waals surface area contributed by atoms with Crippen LogP contribution in [0.4, 0.5) is 11.4 Å². The van der Waals surface area contributed by atoms with Gasteiger partial charge in [-0.3, -0.25) is 9.78 Å². The van der Waals surface area contributed by atoms with Crippen molar-refractivity contribution in [3.63, 3.8) is 0 Å². The smallest absolute Gasteiger partial charge is 0.274 e. The van der Waals surface area contributed by atoms with Gasteiger partial charge in [0.1, 0.15) is 11.4 Å². The van der Waals surface area contributed by atoms with Crippen LogP contribution in [0.5, 0.6) is 5.75 Å². The van der Waals surface area contributed by atoms with E-state index in [2.05, 4.69) is 15.6 Å². The Bertz CT molecular complexity index is 641. The third-order valence-electron chi connectivity index (χ3n) is 3.03. The fourth-order valence-corrected chi connectivity index (χ4v) is 2.02. The van der Waals surface area contributed by atoms with Crippen molar-refractivity contribution in [3.05, 3.63) is 47.8 Å². The molecule has 2 aromatic rings. The minimum absolute atomic E-state index is 0.237. The highest BCUT2D eigenvalue weighted by Gasteiger charge is 2.09. The second kappa shape index (κ2) is 6.74. The SMILES string of the molecule is CCNc1ccnc(C(=O)Nc2ccc(OC)c(C)c2)c1. The molecule has 0 saturated carbocycles. The summed E-state index contributed by atoms with van der Waals surface area (Å²) in [7, 11) is 1.62. The molecular weight excluding hydrogens is 266 g/mol. The summed E-state index contributed by atoms with van der Waals surface area (Å²) in [4.78, 5) is 16.3. The molecule has 5 nitrogen and oxygen atoms in total. The first kappa shape index (κ1) is 14.8. The average molecular weight is 285 g/mol. The summed E-state index contributed by atoms with van der Waals surface area (Å²) in [5, 5.41) is 5.99. The number of rotatable bonds is 5.